The maximum absolute atomic E-state index is 12.2. The Morgan fingerprint density at radius 2 is 1.69 bits per heavy atom. The molecule has 3 aromatic heterocycles. The number of hydrogen-bond acceptors (Lipinski definition) is 7. The molecule has 0 saturated heterocycles. The largest absolute Gasteiger partial charge is 0.397 e. The van der Waals surface area contributed by atoms with Crippen LogP contribution in [0.3, 0.4) is 0 Å². The Bertz CT molecular complexity index is 1400. The van der Waals surface area contributed by atoms with Crippen LogP contribution in [-0.4, -0.2) is 39.6 Å². The fraction of sp³-hybridized carbons (Fsp3) is 0.0667. The van der Waals surface area contributed by atoms with Gasteiger partial charge in [0.25, 0.3) is 11.1 Å². The van der Waals surface area contributed by atoms with Crippen molar-refractivity contribution in [2.45, 2.75) is 5.03 Å². The molecule has 0 unspecified atom stereocenters. The number of H-pyrrole nitrogens is 2. The number of nitrogens with one attached hydrogen (secondary N) is 2. The molecule has 0 aliphatic rings. The summed E-state index contributed by atoms with van der Waals surface area (Å²) in [6, 6.07) is 8.66. The number of nitrogens with zero attached hydrogens (tertiary/aromatic N) is 3. The van der Waals surface area contributed by atoms with Gasteiger partial charge in [-0.3, -0.25) is 19.8 Å². The van der Waals surface area contributed by atoms with E-state index in [9.17, 15) is 18.0 Å². The van der Waals surface area contributed by atoms with E-state index in [0.29, 0.717) is 5.69 Å². The van der Waals surface area contributed by atoms with E-state index in [1.54, 1.807) is 30.3 Å². The van der Waals surface area contributed by atoms with Crippen molar-refractivity contribution < 1.29 is 8.42 Å². The molecule has 0 bridgehead atoms. The predicted molar refractivity (Wildman–Crippen MR) is 95.1 cm³/mol. The molecule has 3 heterocycles. The lowest BCUT2D eigenvalue weighted by Gasteiger charge is -2.05. The lowest BCUT2D eigenvalue weighted by molar-refractivity contribution is 0.597. The molecule has 4 N–H and O–H groups in total. The van der Waals surface area contributed by atoms with Gasteiger partial charge in [0.05, 0.1) is 22.1 Å². The molecule has 26 heavy (non-hydrogen) atoms. The summed E-state index contributed by atoms with van der Waals surface area (Å²) in [7, 11) is -3.78. The number of hydrogen-bond donors (Lipinski definition) is 3. The van der Waals surface area contributed by atoms with Gasteiger partial charge in [0.2, 0.25) is 0 Å². The third-order valence-corrected chi connectivity index (χ3v) is 4.89. The zero-order valence-corrected chi connectivity index (χ0v) is 14.2. The average Bonchev–Trinajstić information content (AvgIpc) is 2.99. The molecular weight excluding hydrogens is 360 g/mol. The van der Waals surface area contributed by atoms with Crippen molar-refractivity contribution in [1.29, 1.82) is 0 Å². The van der Waals surface area contributed by atoms with E-state index in [2.05, 4.69) is 20.3 Å². The minimum Gasteiger partial charge on any atom is -0.397 e. The summed E-state index contributed by atoms with van der Waals surface area (Å²) >= 11 is 0. The van der Waals surface area contributed by atoms with Crippen LogP contribution in [0.25, 0.3) is 27.6 Å². The highest BCUT2D eigenvalue weighted by Gasteiger charge is 2.26. The number of nitrogens with two attached hydrogens (primary N) is 1. The van der Waals surface area contributed by atoms with Crippen molar-refractivity contribution in [3.05, 3.63) is 51.0 Å². The molecule has 0 aliphatic heterocycles. The second-order valence-electron chi connectivity index (χ2n) is 5.68. The molecule has 0 fully saturated rings. The second-order valence-corrected chi connectivity index (χ2v) is 7.61. The molecule has 4 aromatic rings. The molecule has 0 amide bonds. The van der Waals surface area contributed by atoms with Crippen LogP contribution < -0.4 is 16.9 Å². The molecule has 11 heteroatoms. The number of pyridine rings is 1. The lowest BCUT2D eigenvalue weighted by Crippen LogP contribution is -2.21. The van der Waals surface area contributed by atoms with Crippen LogP contribution in [0.2, 0.25) is 0 Å². The Balaban J connectivity index is 2.32. The van der Waals surface area contributed by atoms with E-state index in [1.807, 2.05) is 0 Å². The highest BCUT2D eigenvalue weighted by atomic mass is 32.2. The lowest BCUT2D eigenvalue weighted by atomic mass is 10.2. The molecule has 0 radical (unpaired) electrons. The first-order chi connectivity index (χ1) is 12.3. The quantitative estimate of drug-likeness (QED) is 0.445. The maximum atomic E-state index is 12.2. The molecule has 0 spiro atoms. The van der Waals surface area contributed by atoms with Gasteiger partial charge < -0.3 is 5.73 Å². The zero-order valence-electron chi connectivity index (χ0n) is 13.3. The topological polar surface area (TPSA) is 157 Å². The molecule has 4 rings (SSSR count). The molecule has 1 aromatic carbocycles. The minimum atomic E-state index is -3.78. The van der Waals surface area contributed by atoms with Crippen molar-refractivity contribution >= 4 is 37.5 Å². The van der Waals surface area contributed by atoms with Crippen LogP contribution in [0.4, 0.5) is 5.69 Å². The standard InChI is InChI=1S/C15H12N6O4S/c1-26(24,25)15-9-10(16)8-11(14(23)19-18-13(8)22)17-12(9)21(20-15)7-5-3-2-4-6-7/h2-6H,1H3,(H2,16,17)(H,18,22)(H,19,23). The van der Waals surface area contributed by atoms with Gasteiger partial charge in [0.15, 0.2) is 20.5 Å². The fourth-order valence-corrected chi connectivity index (χ4v) is 3.58. The molecular formula is C15H12N6O4S. The first-order valence-electron chi connectivity index (χ1n) is 7.37. The van der Waals surface area contributed by atoms with Gasteiger partial charge in [-0.2, -0.15) is 5.10 Å². The zero-order chi connectivity index (χ0) is 18.6. The smallest absolute Gasteiger partial charge is 0.289 e. The fourth-order valence-electron chi connectivity index (χ4n) is 2.78. The average molecular weight is 372 g/mol. The Kier molecular flexibility index (Phi) is 3.24. The monoisotopic (exact) mass is 372 g/mol. The Labute approximate surface area is 145 Å². The number of fused-ring (bicyclic) bond motifs is 2. The summed E-state index contributed by atoms with van der Waals surface area (Å²) in [6.07, 6.45) is 0.982. The predicted octanol–water partition coefficient (Wildman–Crippen LogP) is -0.0640. The first-order valence-corrected chi connectivity index (χ1v) is 9.26. The number of sulfone groups is 1. The maximum Gasteiger partial charge on any atom is 0.289 e. The van der Waals surface area contributed by atoms with Crippen LogP contribution >= 0.6 is 0 Å². The Hall–Kier alpha value is -3.47. The highest BCUT2D eigenvalue weighted by molar-refractivity contribution is 7.90. The van der Waals surface area contributed by atoms with Crippen LogP contribution in [0.15, 0.2) is 44.9 Å². The third-order valence-electron chi connectivity index (χ3n) is 3.91. The van der Waals surface area contributed by atoms with Gasteiger partial charge in [-0.15, -0.1) is 0 Å². The number of aromatic amines is 2. The summed E-state index contributed by atoms with van der Waals surface area (Å²) in [5.74, 6) is 0. The third kappa shape index (κ3) is 2.21. The number of nitrogen functional groups attached to an aromatic ring is 1. The van der Waals surface area contributed by atoms with Crippen LogP contribution in [0, 0.1) is 0 Å². The Morgan fingerprint density at radius 3 is 2.35 bits per heavy atom. The summed E-state index contributed by atoms with van der Waals surface area (Å²) in [6.45, 7) is 0. The van der Waals surface area contributed by atoms with Crippen molar-refractivity contribution in [2.24, 2.45) is 0 Å². The summed E-state index contributed by atoms with van der Waals surface area (Å²) in [4.78, 5) is 28.4. The normalized spacial score (nSPS) is 12.0. The SMILES string of the molecule is CS(=O)(=O)c1nn(-c2ccccc2)c2nc3c(=O)[nH][nH]c(=O)c3c(N)c12. The van der Waals surface area contributed by atoms with Crippen LogP contribution in [-0.2, 0) is 9.84 Å². The molecule has 132 valence electrons. The van der Waals surface area contributed by atoms with E-state index in [1.165, 1.54) is 4.68 Å². The van der Waals surface area contributed by atoms with Crippen molar-refractivity contribution in [2.75, 3.05) is 12.0 Å². The van der Waals surface area contributed by atoms with E-state index in [-0.39, 0.29) is 32.6 Å². The highest BCUT2D eigenvalue weighted by Crippen LogP contribution is 2.31. The number of anilines is 1. The van der Waals surface area contributed by atoms with E-state index >= 15 is 0 Å². The second kappa shape index (κ2) is 5.26. The Morgan fingerprint density at radius 1 is 1.04 bits per heavy atom. The number of para-hydroxylation sites is 1. The van der Waals surface area contributed by atoms with Crippen molar-refractivity contribution in [3.8, 4) is 5.69 Å². The molecule has 0 atom stereocenters. The van der Waals surface area contributed by atoms with Crippen molar-refractivity contribution in [1.82, 2.24) is 25.0 Å². The van der Waals surface area contributed by atoms with E-state index in [4.69, 9.17) is 5.73 Å². The van der Waals surface area contributed by atoms with E-state index < -0.39 is 21.0 Å². The van der Waals surface area contributed by atoms with E-state index in [0.717, 1.165) is 6.26 Å². The molecule has 0 aliphatic carbocycles. The van der Waals surface area contributed by atoms with Crippen molar-refractivity contribution in [3.63, 3.8) is 0 Å². The van der Waals surface area contributed by atoms with Gasteiger partial charge in [0, 0.05) is 6.26 Å². The molecule has 10 nitrogen and oxygen atoms in total. The number of aromatic nitrogens is 5. The molecule has 0 saturated carbocycles. The van der Waals surface area contributed by atoms with Gasteiger partial charge in [0.1, 0.15) is 5.52 Å². The summed E-state index contributed by atoms with van der Waals surface area (Å²) in [5.41, 5.74) is 4.97. The summed E-state index contributed by atoms with van der Waals surface area (Å²) < 4.78 is 25.7. The number of rotatable bonds is 2. The van der Waals surface area contributed by atoms with Crippen LogP contribution in [0.5, 0.6) is 0 Å². The number of benzene rings is 1. The van der Waals surface area contributed by atoms with Gasteiger partial charge >= 0.3 is 0 Å². The van der Waals surface area contributed by atoms with Gasteiger partial charge in [-0.25, -0.2) is 18.1 Å². The van der Waals surface area contributed by atoms with Gasteiger partial charge in [-0.05, 0) is 12.1 Å². The van der Waals surface area contributed by atoms with Gasteiger partial charge in [-0.1, -0.05) is 18.2 Å². The van der Waals surface area contributed by atoms with Crippen LogP contribution in [0.1, 0.15) is 0 Å². The first kappa shape index (κ1) is 16.0. The minimum absolute atomic E-state index is 0.0000435. The summed E-state index contributed by atoms with van der Waals surface area (Å²) in [5, 5.41) is 7.96.